The molecule has 18 heavy (non-hydrogen) atoms. The van der Waals surface area contributed by atoms with Gasteiger partial charge in [0.1, 0.15) is 5.78 Å². The van der Waals surface area contributed by atoms with Gasteiger partial charge in [0.15, 0.2) is 0 Å². The van der Waals surface area contributed by atoms with Gasteiger partial charge in [-0.15, -0.1) is 0 Å². The van der Waals surface area contributed by atoms with Crippen molar-refractivity contribution < 1.29 is 4.79 Å². The standard InChI is InChI=1S/C13H20BrN3O/c1-3-17-11(13(14)9(2)16-17)8-12(18)10-4-6-15-7-5-10/h10,15H,3-8H2,1-2H3. The second-order valence-corrected chi connectivity index (χ2v) is 5.62. The van der Waals surface area contributed by atoms with Gasteiger partial charge in [0, 0.05) is 18.9 Å². The lowest BCUT2D eigenvalue weighted by Gasteiger charge is -2.21. The molecule has 1 N–H and O–H groups in total. The average molecular weight is 314 g/mol. The summed E-state index contributed by atoms with van der Waals surface area (Å²) in [5, 5.41) is 7.72. The van der Waals surface area contributed by atoms with Crippen LogP contribution >= 0.6 is 15.9 Å². The van der Waals surface area contributed by atoms with E-state index in [4.69, 9.17) is 0 Å². The summed E-state index contributed by atoms with van der Waals surface area (Å²) in [4.78, 5) is 12.3. The van der Waals surface area contributed by atoms with Crippen LogP contribution in [0.4, 0.5) is 0 Å². The topological polar surface area (TPSA) is 46.9 Å². The lowest BCUT2D eigenvalue weighted by Crippen LogP contribution is -2.32. The van der Waals surface area contributed by atoms with Crippen LogP contribution < -0.4 is 5.32 Å². The van der Waals surface area contributed by atoms with E-state index in [0.717, 1.165) is 48.3 Å². The summed E-state index contributed by atoms with van der Waals surface area (Å²) in [5.41, 5.74) is 1.99. The normalized spacial score (nSPS) is 17.1. The smallest absolute Gasteiger partial charge is 0.142 e. The van der Waals surface area contributed by atoms with Gasteiger partial charge in [-0.05, 0) is 55.7 Å². The Morgan fingerprint density at radius 3 is 2.78 bits per heavy atom. The van der Waals surface area contributed by atoms with E-state index < -0.39 is 0 Å². The summed E-state index contributed by atoms with van der Waals surface area (Å²) in [7, 11) is 0. The molecule has 0 amide bonds. The molecule has 0 aliphatic carbocycles. The van der Waals surface area contributed by atoms with Gasteiger partial charge >= 0.3 is 0 Å². The molecule has 4 nitrogen and oxygen atoms in total. The fourth-order valence-electron chi connectivity index (χ4n) is 2.49. The molecule has 2 rings (SSSR count). The predicted octanol–water partition coefficient (Wildman–Crippen LogP) is 2.09. The van der Waals surface area contributed by atoms with Crippen LogP contribution in [-0.2, 0) is 17.8 Å². The summed E-state index contributed by atoms with van der Waals surface area (Å²) < 4.78 is 2.92. The number of carbonyl (C=O) groups is 1. The first-order chi connectivity index (χ1) is 8.63. The maximum absolute atomic E-state index is 12.3. The van der Waals surface area contributed by atoms with Gasteiger partial charge in [0.05, 0.1) is 15.9 Å². The van der Waals surface area contributed by atoms with E-state index in [1.54, 1.807) is 0 Å². The Morgan fingerprint density at radius 1 is 1.50 bits per heavy atom. The van der Waals surface area contributed by atoms with Gasteiger partial charge in [-0.3, -0.25) is 9.48 Å². The first-order valence-electron chi connectivity index (χ1n) is 6.58. The highest BCUT2D eigenvalue weighted by atomic mass is 79.9. The van der Waals surface area contributed by atoms with Crippen molar-refractivity contribution in [3.8, 4) is 0 Å². The molecule has 0 aromatic carbocycles. The van der Waals surface area contributed by atoms with Crippen LogP contribution in [0.15, 0.2) is 4.47 Å². The summed E-state index contributed by atoms with van der Waals surface area (Å²) in [5.74, 6) is 0.575. The SMILES string of the molecule is CCn1nc(C)c(Br)c1CC(=O)C1CCNCC1. The van der Waals surface area contributed by atoms with Crippen molar-refractivity contribution in [1.82, 2.24) is 15.1 Å². The Hall–Kier alpha value is -0.680. The molecule has 0 atom stereocenters. The number of aryl methyl sites for hydroxylation is 2. The van der Waals surface area contributed by atoms with Crippen LogP contribution in [0.3, 0.4) is 0 Å². The average Bonchev–Trinajstić information content (AvgIpc) is 2.67. The molecular weight excluding hydrogens is 294 g/mol. The highest BCUT2D eigenvalue weighted by Crippen LogP contribution is 2.24. The van der Waals surface area contributed by atoms with Gasteiger partial charge in [-0.2, -0.15) is 5.10 Å². The number of aromatic nitrogens is 2. The quantitative estimate of drug-likeness (QED) is 0.926. The maximum Gasteiger partial charge on any atom is 0.142 e. The lowest BCUT2D eigenvalue weighted by molar-refractivity contribution is -0.123. The summed E-state index contributed by atoms with van der Waals surface area (Å²) in [6.45, 7) is 6.75. The predicted molar refractivity (Wildman–Crippen MR) is 74.6 cm³/mol. The van der Waals surface area contributed by atoms with E-state index >= 15 is 0 Å². The zero-order valence-electron chi connectivity index (χ0n) is 11.0. The van der Waals surface area contributed by atoms with Crippen LogP contribution in [-0.4, -0.2) is 28.7 Å². The molecule has 0 unspecified atom stereocenters. The summed E-state index contributed by atoms with van der Waals surface area (Å²) in [6.07, 6.45) is 2.44. The number of nitrogens with zero attached hydrogens (tertiary/aromatic N) is 2. The highest BCUT2D eigenvalue weighted by molar-refractivity contribution is 9.10. The van der Waals surface area contributed by atoms with Crippen LogP contribution in [0.5, 0.6) is 0 Å². The van der Waals surface area contributed by atoms with E-state index in [-0.39, 0.29) is 5.92 Å². The van der Waals surface area contributed by atoms with Crippen molar-refractivity contribution in [2.45, 2.75) is 39.7 Å². The minimum atomic E-state index is 0.221. The van der Waals surface area contributed by atoms with Gasteiger partial charge in [0.2, 0.25) is 0 Å². The third-order valence-electron chi connectivity index (χ3n) is 3.59. The Bertz CT molecular complexity index is 436. The second-order valence-electron chi connectivity index (χ2n) is 4.83. The molecule has 1 aromatic heterocycles. The number of rotatable bonds is 4. The molecule has 1 saturated heterocycles. The third kappa shape index (κ3) is 2.83. The Morgan fingerprint density at radius 2 is 2.17 bits per heavy atom. The van der Waals surface area contributed by atoms with E-state index in [1.165, 1.54) is 0 Å². The minimum absolute atomic E-state index is 0.221. The molecule has 100 valence electrons. The fourth-order valence-corrected chi connectivity index (χ4v) is 2.92. The Kier molecular flexibility index (Phi) is 4.56. The van der Waals surface area contributed by atoms with Gasteiger partial charge in [0.25, 0.3) is 0 Å². The first kappa shape index (κ1) is 13.7. The second kappa shape index (κ2) is 5.97. The van der Waals surface area contributed by atoms with E-state index in [2.05, 4.69) is 33.3 Å². The molecule has 1 aromatic rings. The van der Waals surface area contributed by atoms with Crippen LogP contribution in [0.2, 0.25) is 0 Å². The fraction of sp³-hybridized carbons (Fsp3) is 0.692. The maximum atomic E-state index is 12.3. The molecule has 1 fully saturated rings. The Labute approximate surface area is 116 Å². The van der Waals surface area contributed by atoms with Gasteiger partial charge < -0.3 is 5.32 Å². The van der Waals surface area contributed by atoms with Crippen molar-refractivity contribution in [1.29, 1.82) is 0 Å². The van der Waals surface area contributed by atoms with Crippen molar-refractivity contribution in [2.75, 3.05) is 13.1 Å². The van der Waals surface area contributed by atoms with E-state index in [1.807, 2.05) is 11.6 Å². The molecule has 0 saturated carbocycles. The summed E-state index contributed by atoms with van der Waals surface area (Å²) >= 11 is 3.55. The van der Waals surface area contributed by atoms with E-state index in [0.29, 0.717) is 12.2 Å². The number of nitrogens with one attached hydrogen (secondary N) is 1. The Balaban J connectivity index is 2.10. The number of hydrogen-bond acceptors (Lipinski definition) is 3. The molecule has 0 bridgehead atoms. The van der Waals surface area contributed by atoms with Crippen molar-refractivity contribution >= 4 is 21.7 Å². The highest BCUT2D eigenvalue weighted by Gasteiger charge is 2.23. The van der Waals surface area contributed by atoms with Crippen LogP contribution in [0.1, 0.15) is 31.2 Å². The zero-order chi connectivity index (χ0) is 13.1. The van der Waals surface area contributed by atoms with Crippen molar-refractivity contribution in [3.05, 3.63) is 15.9 Å². The number of ketones is 1. The minimum Gasteiger partial charge on any atom is -0.317 e. The monoisotopic (exact) mass is 313 g/mol. The molecule has 1 aliphatic heterocycles. The van der Waals surface area contributed by atoms with E-state index in [9.17, 15) is 4.79 Å². The van der Waals surface area contributed by atoms with Crippen LogP contribution in [0, 0.1) is 12.8 Å². The van der Waals surface area contributed by atoms with Crippen molar-refractivity contribution in [2.24, 2.45) is 5.92 Å². The van der Waals surface area contributed by atoms with Gasteiger partial charge in [-0.25, -0.2) is 0 Å². The largest absolute Gasteiger partial charge is 0.317 e. The first-order valence-corrected chi connectivity index (χ1v) is 7.38. The number of halogens is 1. The number of hydrogen-bond donors (Lipinski definition) is 1. The number of piperidine rings is 1. The number of Topliss-reactive ketones (excluding diaryl/α,β-unsaturated/α-hetero) is 1. The lowest BCUT2D eigenvalue weighted by atomic mass is 9.91. The summed E-state index contributed by atoms with van der Waals surface area (Å²) in [6, 6.07) is 0. The molecule has 1 aliphatic rings. The van der Waals surface area contributed by atoms with Crippen molar-refractivity contribution in [3.63, 3.8) is 0 Å². The number of carbonyl (C=O) groups excluding carboxylic acids is 1. The molecule has 0 radical (unpaired) electrons. The van der Waals surface area contributed by atoms with Crippen LogP contribution in [0.25, 0.3) is 0 Å². The third-order valence-corrected chi connectivity index (χ3v) is 4.62. The molecule has 0 spiro atoms. The molecular formula is C13H20BrN3O. The molecule has 5 heteroatoms. The van der Waals surface area contributed by atoms with Gasteiger partial charge in [-0.1, -0.05) is 0 Å². The molecule has 2 heterocycles. The zero-order valence-corrected chi connectivity index (χ0v) is 12.6.